The van der Waals surface area contributed by atoms with Crippen LogP contribution in [0.2, 0.25) is 0 Å². The molecule has 1 aliphatic rings. The minimum Gasteiger partial charge on any atom is -0.339 e. The van der Waals surface area contributed by atoms with Crippen LogP contribution >= 0.6 is 0 Å². The fraction of sp³-hybridized carbons (Fsp3) is 0.786. The van der Waals surface area contributed by atoms with E-state index in [0.29, 0.717) is 18.0 Å². The highest BCUT2D eigenvalue weighted by Gasteiger charge is 2.26. The van der Waals surface area contributed by atoms with Gasteiger partial charge in [-0.3, -0.25) is 9.69 Å². The number of ketones is 1. The molecule has 1 aliphatic heterocycles. The Morgan fingerprint density at radius 1 is 1.47 bits per heavy atom. The van der Waals surface area contributed by atoms with E-state index in [1.165, 1.54) is 26.2 Å². The smallest absolute Gasteiger partial charge is 0.234 e. The van der Waals surface area contributed by atoms with Crippen LogP contribution < -0.4 is 0 Å². The fourth-order valence-electron chi connectivity index (χ4n) is 2.79. The summed E-state index contributed by atoms with van der Waals surface area (Å²) >= 11 is 0. The van der Waals surface area contributed by atoms with E-state index in [-0.39, 0.29) is 12.2 Å². The van der Waals surface area contributed by atoms with E-state index in [9.17, 15) is 4.79 Å². The zero-order valence-corrected chi connectivity index (χ0v) is 12.1. The Morgan fingerprint density at radius 3 is 2.95 bits per heavy atom. The number of nitrogens with zero attached hydrogens (tertiary/aromatic N) is 3. The van der Waals surface area contributed by atoms with E-state index in [0.717, 1.165) is 18.8 Å². The molecule has 1 fully saturated rings. The van der Waals surface area contributed by atoms with Gasteiger partial charge in [-0.2, -0.15) is 4.98 Å². The van der Waals surface area contributed by atoms with Crippen molar-refractivity contribution in [1.82, 2.24) is 15.0 Å². The third-order valence-electron chi connectivity index (χ3n) is 3.66. The van der Waals surface area contributed by atoms with Crippen LogP contribution in [0, 0.1) is 0 Å². The number of hydrogen-bond donors (Lipinski definition) is 0. The number of likely N-dealkylation sites (tertiary alicyclic amines) is 1. The van der Waals surface area contributed by atoms with E-state index in [2.05, 4.69) is 28.9 Å². The average Bonchev–Trinajstić information content (AvgIpc) is 2.76. The molecule has 0 bridgehead atoms. The Bertz CT molecular complexity index is 428. The first kappa shape index (κ1) is 14.2. The summed E-state index contributed by atoms with van der Waals surface area (Å²) in [4.78, 5) is 17.8. The molecule has 19 heavy (non-hydrogen) atoms. The van der Waals surface area contributed by atoms with Crippen molar-refractivity contribution in [2.24, 2.45) is 0 Å². The highest BCUT2D eigenvalue weighted by Crippen LogP contribution is 2.22. The number of hydrogen-bond acceptors (Lipinski definition) is 5. The molecule has 1 aromatic heterocycles. The van der Waals surface area contributed by atoms with Gasteiger partial charge < -0.3 is 4.52 Å². The number of piperidine rings is 1. The second kappa shape index (κ2) is 6.28. The summed E-state index contributed by atoms with van der Waals surface area (Å²) in [5.41, 5.74) is 0. The maximum atomic E-state index is 11.0. The average molecular weight is 265 g/mol. The lowest BCUT2D eigenvalue weighted by Gasteiger charge is -2.38. The van der Waals surface area contributed by atoms with E-state index in [1.54, 1.807) is 0 Å². The van der Waals surface area contributed by atoms with Gasteiger partial charge in [-0.05, 0) is 40.2 Å². The normalized spacial score (nSPS) is 20.9. The number of aromatic nitrogens is 2. The molecule has 0 aromatic carbocycles. The number of rotatable bonds is 5. The molecule has 0 radical (unpaired) electrons. The van der Waals surface area contributed by atoms with Crippen molar-refractivity contribution in [1.29, 1.82) is 0 Å². The van der Waals surface area contributed by atoms with Crippen LogP contribution in [0.3, 0.4) is 0 Å². The third-order valence-corrected chi connectivity index (χ3v) is 3.66. The zero-order chi connectivity index (χ0) is 13.8. The second-order valence-electron chi connectivity index (χ2n) is 5.67. The van der Waals surface area contributed by atoms with Crippen LogP contribution in [0.1, 0.15) is 51.7 Å². The zero-order valence-electron chi connectivity index (χ0n) is 12.1. The van der Waals surface area contributed by atoms with Gasteiger partial charge in [0.25, 0.3) is 0 Å². The Labute approximate surface area is 114 Å². The van der Waals surface area contributed by atoms with Gasteiger partial charge in [0.05, 0.1) is 6.42 Å². The van der Waals surface area contributed by atoms with Crippen LogP contribution in [-0.4, -0.2) is 39.5 Å². The molecule has 1 unspecified atom stereocenters. The third kappa shape index (κ3) is 3.86. The van der Waals surface area contributed by atoms with Crippen LogP contribution in [0.25, 0.3) is 0 Å². The van der Waals surface area contributed by atoms with Crippen LogP contribution in [0.4, 0.5) is 0 Å². The minimum absolute atomic E-state index is 0.0525. The largest absolute Gasteiger partial charge is 0.339 e. The lowest BCUT2D eigenvalue weighted by molar-refractivity contribution is -0.116. The number of carbonyl (C=O) groups excluding carboxylic acids is 1. The molecule has 1 aromatic rings. The maximum absolute atomic E-state index is 11.0. The molecule has 0 spiro atoms. The molecule has 5 nitrogen and oxygen atoms in total. The van der Waals surface area contributed by atoms with Gasteiger partial charge in [-0.1, -0.05) is 11.6 Å². The first-order chi connectivity index (χ1) is 9.06. The van der Waals surface area contributed by atoms with Crippen LogP contribution in [0.5, 0.6) is 0 Å². The summed E-state index contributed by atoms with van der Waals surface area (Å²) < 4.78 is 5.11. The van der Waals surface area contributed by atoms with Crippen molar-refractivity contribution in [3.63, 3.8) is 0 Å². The van der Waals surface area contributed by atoms with Gasteiger partial charge in [-0.15, -0.1) is 0 Å². The highest BCUT2D eigenvalue weighted by atomic mass is 16.5. The molecular formula is C14H23N3O2. The van der Waals surface area contributed by atoms with Gasteiger partial charge in [0.2, 0.25) is 5.89 Å². The highest BCUT2D eigenvalue weighted by molar-refractivity contribution is 5.77. The first-order valence-electron chi connectivity index (χ1n) is 7.13. The van der Waals surface area contributed by atoms with Gasteiger partial charge in [0.15, 0.2) is 5.82 Å². The van der Waals surface area contributed by atoms with Crippen molar-refractivity contribution in [2.45, 2.75) is 65.0 Å². The topological polar surface area (TPSA) is 59.2 Å². The second-order valence-corrected chi connectivity index (χ2v) is 5.67. The molecule has 2 rings (SSSR count). The summed E-state index contributed by atoms with van der Waals surface area (Å²) in [6.45, 7) is 7.15. The molecule has 0 aliphatic carbocycles. The molecule has 106 valence electrons. The molecule has 1 saturated heterocycles. The monoisotopic (exact) mass is 265 g/mol. The molecule has 0 N–H and O–H groups in total. The Hall–Kier alpha value is -1.23. The van der Waals surface area contributed by atoms with Gasteiger partial charge >= 0.3 is 0 Å². The minimum atomic E-state index is 0.0525. The van der Waals surface area contributed by atoms with Crippen LogP contribution in [0.15, 0.2) is 4.52 Å². The number of carbonyl (C=O) groups is 1. The van der Waals surface area contributed by atoms with Crippen molar-refractivity contribution < 1.29 is 9.32 Å². The quantitative estimate of drug-likeness (QED) is 0.815. The van der Waals surface area contributed by atoms with Gasteiger partial charge in [-0.25, -0.2) is 0 Å². The SMILES string of the molecule is CC(=O)Cc1nc(CC2CCCCN2C(C)C)no1. The maximum Gasteiger partial charge on any atom is 0.234 e. The van der Waals surface area contributed by atoms with E-state index < -0.39 is 0 Å². The molecule has 5 heteroatoms. The van der Waals surface area contributed by atoms with Crippen molar-refractivity contribution in [2.75, 3.05) is 6.54 Å². The lowest BCUT2D eigenvalue weighted by Crippen LogP contribution is -2.45. The molecule has 2 heterocycles. The van der Waals surface area contributed by atoms with E-state index in [4.69, 9.17) is 4.52 Å². The first-order valence-corrected chi connectivity index (χ1v) is 7.13. The van der Waals surface area contributed by atoms with E-state index >= 15 is 0 Å². The predicted octanol–water partition coefficient (Wildman–Crippen LogP) is 2.01. The molecule has 1 atom stereocenters. The standard InChI is InChI=1S/C14H23N3O2/c1-10(2)17-7-5-4-6-12(17)9-13-15-14(19-16-13)8-11(3)18/h10,12H,4-9H2,1-3H3. The fourth-order valence-corrected chi connectivity index (χ4v) is 2.79. The summed E-state index contributed by atoms with van der Waals surface area (Å²) in [5.74, 6) is 1.22. The van der Waals surface area contributed by atoms with Crippen molar-refractivity contribution >= 4 is 5.78 Å². The summed E-state index contributed by atoms with van der Waals surface area (Å²) in [6.07, 6.45) is 4.79. The lowest BCUT2D eigenvalue weighted by atomic mass is 9.97. The molecular weight excluding hydrogens is 242 g/mol. The Kier molecular flexibility index (Phi) is 4.69. The van der Waals surface area contributed by atoms with Crippen LogP contribution in [-0.2, 0) is 17.6 Å². The predicted molar refractivity (Wildman–Crippen MR) is 71.9 cm³/mol. The van der Waals surface area contributed by atoms with Crippen molar-refractivity contribution in [3.8, 4) is 0 Å². The van der Waals surface area contributed by atoms with Gasteiger partial charge in [0.1, 0.15) is 5.78 Å². The summed E-state index contributed by atoms with van der Waals surface area (Å²) in [7, 11) is 0. The summed E-state index contributed by atoms with van der Waals surface area (Å²) in [6, 6.07) is 1.05. The molecule has 0 amide bonds. The van der Waals surface area contributed by atoms with Gasteiger partial charge in [0, 0.05) is 18.5 Å². The molecule has 0 saturated carbocycles. The number of Topliss-reactive ketones (excluding diaryl/α,β-unsaturated/α-hetero) is 1. The van der Waals surface area contributed by atoms with Crippen molar-refractivity contribution in [3.05, 3.63) is 11.7 Å². The Morgan fingerprint density at radius 2 is 2.26 bits per heavy atom. The summed E-state index contributed by atoms with van der Waals surface area (Å²) in [5, 5.41) is 3.99. The Balaban J connectivity index is 1.98. The van der Waals surface area contributed by atoms with E-state index in [1.807, 2.05) is 0 Å².